The molecule has 0 radical (unpaired) electrons. The summed E-state index contributed by atoms with van der Waals surface area (Å²) >= 11 is 5.59. The van der Waals surface area contributed by atoms with Crippen molar-refractivity contribution in [2.75, 3.05) is 4.72 Å². The third-order valence-corrected chi connectivity index (χ3v) is 3.12. The standard InChI is InChI=1S/C7H6ClN5O2S/c8-5-1-6(11-4-10-5)13-16(14,15)7-2-9-3-12-7/h1-4H,(H,9,12)(H,10,11,13). The Hall–Kier alpha value is -1.67. The van der Waals surface area contributed by atoms with Crippen LogP contribution in [0.2, 0.25) is 5.15 Å². The van der Waals surface area contributed by atoms with E-state index < -0.39 is 10.0 Å². The Morgan fingerprint density at radius 1 is 1.38 bits per heavy atom. The molecule has 0 saturated heterocycles. The number of anilines is 1. The third kappa shape index (κ3) is 2.28. The molecule has 2 aromatic heterocycles. The Morgan fingerprint density at radius 2 is 2.19 bits per heavy atom. The third-order valence-electron chi connectivity index (χ3n) is 1.64. The van der Waals surface area contributed by atoms with E-state index in [-0.39, 0.29) is 16.0 Å². The van der Waals surface area contributed by atoms with Crippen LogP contribution in [-0.2, 0) is 10.0 Å². The summed E-state index contributed by atoms with van der Waals surface area (Å²) in [6.07, 6.45) is 3.61. The van der Waals surface area contributed by atoms with Crippen molar-refractivity contribution in [1.82, 2.24) is 19.9 Å². The van der Waals surface area contributed by atoms with Gasteiger partial charge in [-0.3, -0.25) is 4.72 Å². The van der Waals surface area contributed by atoms with Crippen LogP contribution in [0.4, 0.5) is 5.82 Å². The van der Waals surface area contributed by atoms with Crippen molar-refractivity contribution in [1.29, 1.82) is 0 Å². The molecule has 0 bridgehead atoms. The normalized spacial score (nSPS) is 11.3. The summed E-state index contributed by atoms with van der Waals surface area (Å²) in [5.41, 5.74) is 0. The molecule has 0 unspecified atom stereocenters. The molecule has 2 aromatic rings. The molecule has 0 fully saturated rings. The summed E-state index contributed by atoms with van der Waals surface area (Å²) in [7, 11) is -3.70. The first-order chi connectivity index (χ1) is 7.58. The zero-order chi connectivity index (χ0) is 11.6. The molecule has 2 heterocycles. The van der Waals surface area contributed by atoms with Crippen LogP contribution in [0, 0.1) is 0 Å². The first-order valence-electron chi connectivity index (χ1n) is 4.07. The van der Waals surface area contributed by atoms with E-state index in [1.807, 2.05) is 0 Å². The maximum atomic E-state index is 11.7. The van der Waals surface area contributed by atoms with Crippen LogP contribution in [0.5, 0.6) is 0 Å². The van der Waals surface area contributed by atoms with Crippen LogP contribution in [0.25, 0.3) is 0 Å². The van der Waals surface area contributed by atoms with E-state index in [0.29, 0.717) is 0 Å². The van der Waals surface area contributed by atoms with Gasteiger partial charge in [-0.1, -0.05) is 11.6 Å². The number of hydrogen-bond donors (Lipinski definition) is 2. The monoisotopic (exact) mass is 259 g/mol. The van der Waals surface area contributed by atoms with Crippen LogP contribution >= 0.6 is 11.6 Å². The fraction of sp³-hybridized carbons (Fsp3) is 0. The number of nitrogens with one attached hydrogen (secondary N) is 2. The number of rotatable bonds is 3. The van der Waals surface area contributed by atoms with Gasteiger partial charge in [0.25, 0.3) is 10.0 Å². The van der Waals surface area contributed by atoms with Crippen molar-refractivity contribution in [2.45, 2.75) is 5.03 Å². The lowest BCUT2D eigenvalue weighted by Gasteiger charge is -2.04. The van der Waals surface area contributed by atoms with Gasteiger partial charge in [-0.25, -0.2) is 15.0 Å². The molecule has 0 amide bonds. The summed E-state index contributed by atoms with van der Waals surface area (Å²) in [5.74, 6) is 0.0922. The van der Waals surface area contributed by atoms with E-state index in [4.69, 9.17) is 11.6 Å². The molecule has 2 N–H and O–H groups in total. The summed E-state index contributed by atoms with van der Waals surface area (Å²) in [6.45, 7) is 0. The highest BCUT2D eigenvalue weighted by Gasteiger charge is 2.16. The molecule has 0 aliphatic heterocycles. The first-order valence-corrected chi connectivity index (χ1v) is 5.93. The number of sulfonamides is 1. The van der Waals surface area contributed by atoms with Gasteiger partial charge in [-0.2, -0.15) is 8.42 Å². The molecule has 16 heavy (non-hydrogen) atoms. The van der Waals surface area contributed by atoms with Crippen LogP contribution in [0.1, 0.15) is 0 Å². The maximum absolute atomic E-state index is 11.7. The number of nitrogens with zero attached hydrogens (tertiary/aromatic N) is 3. The van der Waals surface area contributed by atoms with E-state index in [1.165, 1.54) is 18.6 Å². The summed E-state index contributed by atoms with van der Waals surface area (Å²) in [5, 5.41) is 0.0968. The molecule has 0 aromatic carbocycles. The molecule has 0 aliphatic rings. The van der Waals surface area contributed by atoms with Gasteiger partial charge in [0.1, 0.15) is 17.3 Å². The quantitative estimate of drug-likeness (QED) is 0.789. The number of halogens is 1. The highest BCUT2D eigenvalue weighted by atomic mass is 35.5. The fourth-order valence-electron chi connectivity index (χ4n) is 0.972. The summed E-state index contributed by atoms with van der Waals surface area (Å²) in [4.78, 5) is 13.4. The van der Waals surface area contributed by atoms with Gasteiger partial charge in [0.05, 0.1) is 12.5 Å². The highest BCUT2D eigenvalue weighted by molar-refractivity contribution is 7.92. The van der Waals surface area contributed by atoms with Crippen molar-refractivity contribution in [3.63, 3.8) is 0 Å². The lowest BCUT2D eigenvalue weighted by Crippen LogP contribution is -2.14. The Bertz CT molecular complexity index is 583. The first kappa shape index (κ1) is 10.8. The molecule has 84 valence electrons. The second-order valence-corrected chi connectivity index (χ2v) is 4.79. The molecule has 0 atom stereocenters. The molecule has 0 saturated carbocycles. The number of aromatic amines is 1. The smallest absolute Gasteiger partial charge is 0.280 e. The molecule has 0 spiro atoms. The van der Waals surface area contributed by atoms with E-state index in [0.717, 1.165) is 6.33 Å². The van der Waals surface area contributed by atoms with Crippen LogP contribution in [0.3, 0.4) is 0 Å². The highest BCUT2D eigenvalue weighted by Crippen LogP contribution is 2.13. The van der Waals surface area contributed by atoms with Crippen molar-refractivity contribution in [3.8, 4) is 0 Å². The predicted molar refractivity (Wildman–Crippen MR) is 56.4 cm³/mol. The minimum absolute atomic E-state index is 0.0535. The molecule has 0 aliphatic carbocycles. The van der Waals surface area contributed by atoms with Crippen molar-refractivity contribution in [3.05, 3.63) is 30.1 Å². The zero-order valence-corrected chi connectivity index (χ0v) is 9.33. The fourth-order valence-corrected chi connectivity index (χ4v) is 2.02. The van der Waals surface area contributed by atoms with Gasteiger partial charge in [0.15, 0.2) is 5.03 Å². The predicted octanol–water partition coefficient (Wildman–Crippen LogP) is 0.654. The number of aromatic nitrogens is 4. The molecule has 2 rings (SSSR count). The molecular formula is C7H6ClN5O2S. The SMILES string of the molecule is O=S(=O)(Nc1cc(Cl)ncn1)c1cnc[nH]1. The van der Waals surface area contributed by atoms with E-state index in [9.17, 15) is 8.42 Å². The Morgan fingerprint density at radius 3 is 2.81 bits per heavy atom. The van der Waals surface area contributed by atoms with Crippen LogP contribution in [0.15, 0.2) is 29.9 Å². The second kappa shape index (κ2) is 4.06. The lowest BCUT2D eigenvalue weighted by atomic mass is 10.6. The zero-order valence-electron chi connectivity index (χ0n) is 7.75. The number of imidazole rings is 1. The van der Waals surface area contributed by atoms with Crippen molar-refractivity contribution >= 4 is 27.4 Å². The van der Waals surface area contributed by atoms with Gasteiger partial charge >= 0.3 is 0 Å². The minimum Gasteiger partial charge on any atom is -0.334 e. The maximum Gasteiger partial charge on any atom is 0.280 e. The van der Waals surface area contributed by atoms with Gasteiger partial charge < -0.3 is 4.98 Å². The molecule has 9 heteroatoms. The molecule has 7 nitrogen and oxygen atoms in total. The summed E-state index contributed by atoms with van der Waals surface area (Å²) < 4.78 is 25.6. The van der Waals surface area contributed by atoms with Crippen molar-refractivity contribution in [2.24, 2.45) is 0 Å². The average Bonchev–Trinajstić information content (AvgIpc) is 2.69. The Balaban J connectivity index is 2.29. The number of hydrogen-bond acceptors (Lipinski definition) is 5. The van der Waals surface area contributed by atoms with Crippen LogP contribution in [-0.4, -0.2) is 28.4 Å². The average molecular weight is 260 g/mol. The van der Waals surface area contributed by atoms with E-state index in [1.54, 1.807) is 0 Å². The van der Waals surface area contributed by atoms with Gasteiger partial charge in [-0.15, -0.1) is 0 Å². The minimum atomic E-state index is -3.70. The summed E-state index contributed by atoms with van der Waals surface area (Å²) in [6, 6.07) is 1.30. The van der Waals surface area contributed by atoms with Crippen molar-refractivity contribution < 1.29 is 8.42 Å². The van der Waals surface area contributed by atoms with Gasteiger partial charge in [-0.05, 0) is 0 Å². The van der Waals surface area contributed by atoms with E-state index >= 15 is 0 Å². The second-order valence-electron chi connectivity index (χ2n) is 2.75. The van der Waals surface area contributed by atoms with E-state index in [2.05, 4.69) is 24.7 Å². The van der Waals surface area contributed by atoms with Crippen LogP contribution < -0.4 is 4.72 Å². The molecular weight excluding hydrogens is 254 g/mol. The lowest BCUT2D eigenvalue weighted by molar-refractivity contribution is 0.598. The Labute approximate surface area is 96.0 Å². The Kier molecular flexibility index (Phi) is 2.75. The van der Waals surface area contributed by atoms with Gasteiger partial charge in [0, 0.05) is 6.07 Å². The largest absolute Gasteiger partial charge is 0.334 e. The number of H-pyrrole nitrogens is 1. The van der Waals surface area contributed by atoms with Gasteiger partial charge in [0.2, 0.25) is 0 Å². The topological polar surface area (TPSA) is 101 Å².